The number of nitrogens with one attached hydrogen (secondary N) is 4. The lowest BCUT2D eigenvalue weighted by molar-refractivity contribution is -0.120. The number of fused-ring (bicyclic) bond motifs is 1. The van der Waals surface area contributed by atoms with E-state index in [1.165, 1.54) is 0 Å². The average Bonchev–Trinajstić information content (AvgIpc) is 3.74. The van der Waals surface area contributed by atoms with Gasteiger partial charge in [0, 0.05) is 90.4 Å². The van der Waals surface area contributed by atoms with Crippen molar-refractivity contribution in [1.29, 1.82) is 0 Å². The van der Waals surface area contributed by atoms with Crippen molar-refractivity contribution < 1.29 is 19.1 Å². The monoisotopic (exact) mass is 699 g/mol. The Morgan fingerprint density at radius 1 is 0.837 bits per heavy atom. The molecule has 254 valence electrons. The van der Waals surface area contributed by atoms with Crippen molar-refractivity contribution in [1.82, 2.24) is 26.3 Å². The van der Waals surface area contributed by atoms with Gasteiger partial charge >= 0.3 is 0 Å². The van der Waals surface area contributed by atoms with Crippen molar-refractivity contribution in [3.63, 3.8) is 0 Å². The maximum absolute atomic E-state index is 11.6. The second-order valence-corrected chi connectivity index (χ2v) is 13.5. The molecule has 2 fully saturated rings. The van der Waals surface area contributed by atoms with E-state index >= 15 is 0 Å². The Hall–Kier alpha value is -4.15. The van der Waals surface area contributed by atoms with Crippen molar-refractivity contribution in [3.8, 4) is 45.1 Å². The highest BCUT2D eigenvalue weighted by Gasteiger charge is 2.26. The van der Waals surface area contributed by atoms with Gasteiger partial charge in [0.15, 0.2) is 0 Å². The van der Waals surface area contributed by atoms with Gasteiger partial charge < -0.3 is 30.7 Å². The quantitative estimate of drug-likeness (QED) is 0.142. The molecule has 3 atom stereocenters. The first-order chi connectivity index (χ1) is 23.9. The Bertz CT molecular complexity index is 1890. The molecule has 7 rings (SSSR count). The molecule has 0 bridgehead atoms. The largest absolute Gasteiger partial charge is 0.493 e. The fourth-order valence-electron chi connectivity index (χ4n) is 6.93. The van der Waals surface area contributed by atoms with Gasteiger partial charge in [0.1, 0.15) is 5.75 Å². The molecule has 0 spiro atoms. The number of rotatable bonds is 11. The fourth-order valence-corrected chi connectivity index (χ4v) is 7.59. The number of halogens is 2. The molecule has 49 heavy (non-hydrogen) atoms. The van der Waals surface area contributed by atoms with E-state index in [1.54, 1.807) is 7.11 Å². The molecule has 3 aliphatic heterocycles. The molecule has 11 heteroatoms. The number of methoxy groups -OCH3 is 1. The molecular weight excluding hydrogens is 661 g/mol. The van der Waals surface area contributed by atoms with Gasteiger partial charge in [0.2, 0.25) is 17.7 Å². The molecule has 2 saturated heterocycles. The van der Waals surface area contributed by atoms with E-state index in [0.29, 0.717) is 54.2 Å². The SMILES string of the molecule is COc1nc(-c2cccc(-c3cccc(-c4ccc5c(c4)OCC[C@@H]5NC[C@@H]4CCC(=O)N4)c3Cl)c2Cl)ccc1CNC[C@@H]1CCC(=O)N1. The molecule has 1 aromatic heterocycles. The summed E-state index contributed by atoms with van der Waals surface area (Å²) in [5, 5.41) is 14.2. The van der Waals surface area contributed by atoms with Crippen LogP contribution in [0.15, 0.2) is 66.7 Å². The smallest absolute Gasteiger partial charge is 0.220 e. The summed E-state index contributed by atoms with van der Waals surface area (Å²) in [6.07, 6.45) is 3.73. The Labute approximate surface area is 296 Å². The van der Waals surface area contributed by atoms with Crippen molar-refractivity contribution in [3.05, 3.63) is 87.9 Å². The minimum absolute atomic E-state index is 0.103. The summed E-state index contributed by atoms with van der Waals surface area (Å²) < 4.78 is 11.8. The molecule has 0 saturated carbocycles. The molecule has 2 amide bonds. The summed E-state index contributed by atoms with van der Waals surface area (Å²) in [5.41, 5.74) is 6.92. The zero-order valence-electron chi connectivity index (χ0n) is 27.3. The molecular formula is C38H39Cl2N5O4. The first kappa shape index (κ1) is 33.4. The minimum atomic E-state index is 0.103. The second kappa shape index (κ2) is 14.8. The van der Waals surface area contributed by atoms with E-state index < -0.39 is 0 Å². The standard InChI is InChI=1S/C38H39Cl2N5O4/c1-48-38-23(19-41-20-24-10-14-34(46)43-24)9-13-32(45-38)30-7-3-6-28(37(30)40)27-5-2-4-26(36(27)39)22-8-12-29-31(16-17-49-33(29)18-22)42-21-25-11-15-35(47)44-25/h2-9,12-13,18,24-25,31,41-42H,10-11,14-17,19-21H2,1H3,(H,43,46)(H,44,47)/t24-,25-,31-/m0/s1. The molecule has 9 nitrogen and oxygen atoms in total. The lowest BCUT2D eigenvalue weighted by Crippen LogP contribution is -2.38. The van der Waals surface area contributed by atoms with Crippen molar-refractivity contribution in [2.45, 2.75) is 56.8 Å². The normalized spacial score (nSPS) is 20.0. The summed E-state index contributed by atoms with van der Waals surface area (Å²) in [6, 6.07) is 22.5. The highest BCUT2D eigenvalue weighted by molar-refractivity contribution is 6.39. The third kappa shape index (κ3) is 7.26. The van der Waals surface area contributed by atoms with E-state index in [2.05, 4.69) is 39.5 Å². The van der Waals surface area contributed by atoms with E-state index in [0.717, 1.165) is 70.5 Å². The Morgan fingerprint density at radius 2 is 1.51 bits per heavy atom. The number of aromatic nitrogens is 1. The predicted molar refractivity (Wildman–Crippen MR) is 192 cm³/mol. The van der Waals surface area contributed by atoms with Crippen LogP contribution in [0.1, 0.15) is 49.3 Å². The minimum Gasteiger partial charge on any atom is -0.493 e. The third-order valence-corrected chi connectivity index (χ3v) is 10.4. The average molecular weight is 701 g/mol. The number of hydrogen-bond donors (Lipinski definition) is 4. The van der Waals surface area contributed by atoms with Gasteiger partial charge in [-0.3, -0.25) is 9.59 Å². The molecule has 4 N–H and O–H groups in total. The van der Waals surface area contributed by atoms with Crippen molar-refractivity contribution in [2.24, 2.45) is 0 Å². The number of pyridine rings is 1. The van der Waals surface area contributed by atoms with Crippen LogP contribution in [0, 0.1) is 0 Å². The maximum atomic E-state index is 11.6. The number of amides is 2. The van der Waals surface area contributed by atoms with Crippen LogP contribution in [0.3, 0.4) is 0 Å². The predicted octanol–water partition coefficient (Wildman–Crippen LogP) is 6.46. The van der Waals surface area contributed by atoms with Crippen LogP contribution >= 0.6 is 23.2 Å². The molecule has 0 radical (unpaired) electrons. The van der Waals surface area contributed by atoms with E-state index in [9.17, 15) is 9.59 Å². The number of benzene rings is 3. The van der Waals surface area contributed by atoms with Crippen LogP contribution < -0.4 is 30.7 Å². The van der Waals surface area contributed by atoms with Crippen LogP contribution in [0.4, 0.5) is 0 Å². The highest BCUT2D eigenvalue weighted by atomic mass is 35.5. The summed E-state index contributed by atoms with van der Waals surface area (Å²) in [6.45, 7) is 2.59. The van der Waals surface area contributed by atoms with Gasteiger partial charge in [-0.15, -0.1) is 0 Å². The lowest BCUT2D eigenvalue weighted by atomic mass is 9.94. The zero-order valence-corrected chi connectivity index (χ0v) is 28.8. The van der Waals surface area contributed by atoms with Gasteiger partial charge in [-0.1, -0.05) is 77.8 Å². The Balaban J connectivity index is 1.10. The summed E-state index contributed by atoms with van der Waals surface area (Å²) in [5.74, 6) is 1.58. The Kier molecular flexibility index (Phi) is 10.0. The van der Waals surface area contributed by atoms with Gasteiger partial charge in [-0.2, -0.15) is 0 Å². The number of ether oxygens (including phenoxy) is 2. The first-order valence-corrected chi connectivity index (χ1v) is 17.5. The van der Waals surface area contributed by atoms with Crippen LogP contribution in [0.25, 0.3) is 33.5 Å². The summed E-state index contributed by atoms with van der Waals surface area (Å²) >= 11 is 14.3. The van der Waals surface area contributed by atoms with Crippen LogP contribution in [-0.4, -0.2) is 55.7 Å². The topological polar surface area (TPSA) is 114 Å². The number of hydrogen-bond acceptors (Lipinski definition) is 7. The fraction of sp³-hybridized carbons (Fsp3) is 0.342. The van der Waals surface area contributed by atoms with Gasteiger partial charge in [0.05, 0.1) is 29.5 Å². The molecule has 3 aliphatic rings. The highest BCUT2D eigenvalue weighted by Crippen LogP contribution is 2.44. The van der Waals surface area contributed by atoms with Crippen molar-refractivity contribution >= 4 is 35.0 Å². The number of carbonyl (C=O) groups is 2. The number of carbonyl (C=O) groups excluding carboxylic acids is 2. The molecule has 3 aromatic carbocycles. The second-order valence-electron chi connectivity index (χ2n) is 12.8. The van der Waals surface area contributed by atoms with E-state index in [4.69, 9.17) is 37.7 Å². The van der Waals surface area contributed by atoms with Gasteiger partial charge in [-0.05, 0) is 30.5 Å². The maximum Gasteiger partial charge on any atom is 0.220 e. The van der Waals surface area contributed by atoms with Gasteiger partial charge in [-0.25, -0.2) is 4.98 Å². The summed E-state index contributed by atoms with van der Waals surface area (Å²) in [7, 11) is 1.61. The molecule has 4 aromatic rings. The van der Waals surface area contributed by atoms with Gasteiger partial charge in [0.25, 0.3) is 0 Å². The molecule has 0 aliphatic carbocycles. The molecule has 0 unspecified atom stereocenters. The van der Waals surface area contributed by atoms with E-state index in [-0.39, 0.29) is 29.9 Å². The van der Waals surface area contributed by atoms with Crippen LogP contribution in [0.2, 0.25) is 10.0 Å². The lowest BCUT2D eigenvalue weighted by Gasteiger charge is -2.28. The Morgan fingerprint density at radius 3 is 2.20 bits per heavy atom. The third-order valence-electron chi connectivity index (χ3n) is 9.55. The van der Waals surface area contributed by atoms with Crippen LogP contribution in [0.5, 0.6) is 11.6 Å². The van der Waals surface area contributed by atoms with E-state index in [1.807, 2.05) is 48.5 Å². The number of nitrogens with zero attached hydrogens (tertiary/aromatic N) is 1. The summed E-state index contributed by atoms with van der Waals surface area (Å²) in [4.78, 5) is 27.9. The molecule has 4 heterocycles. The van der Waals surface area contributed by atoms with Crippen molar-refractivity contribution in [2.75, 3.05) is 26.8 Å². The first-order valence-electron chi connectivity index (χ1n) is 16.8. The van der Waals surface area contributed by atoms with Crippen LogP contribution in [-0.2, 0) is 16.1 Å². The zero-order chi connectivity index (χ0) is 33.9.